The Balaban J connectivity index is 1.67. The lowest BCUT2D eigenvalue weighted by molar-refractivity contribution is 0.340. The molecule has 0 aliphatic rings. The Morgan fingerprint density at radius 2 is 1.75 bits per heavy atom. The SMILES string of the molecule is CCOc1ccc(S(=O)(=O)Nc2ccc(Cc3noc(C(C)C)n3)cc2)cc1. The number of nitrogens with zero attached hydrogens (tertiary/aromatic N) is 2. The van der Waals surface area contributed by atoms with Crippen LogP contribution in [-0.2, 0) is 16.4 Å². The minimum Gasteiger partial charge on any atom is -0.494 e. The molecule has 0 atom stereocenters. The maximum Gasteiger partial charge on any atom is 0.261 e. The summed E-state index contributed by atoms with van der Waals surface area (Å²) in [7, 11) is -3.67. The van der Waals surface area contributed by atoms with Gasteiger partial charge in [0.05, 0.1) is 11.5 Å². The summed E-state index contributed by atoms with van der Waals surface area (Å²) in [6.45, 7) is 6.38. The molecule has 3 rings (SSSR count). The van der Waals surface area contributed by atoms with E-state index in [2.05, 4.69) is 14.9 Å². The van der Waals surface area contributed by atoms with Gasteiger partial charge in [-0.3, -0.25) is 4.72 Å². The summed E-state index contributed by atoms with van der Waals surface area (Å²) in [6, 6.07) is 13.4. The Kier molecular flexibility index (Phi) is 5.99. The van der Waals surface area contributed by atoms with E-state index in [0.29, 0.717) is 36.2 Å². The molecule has 2 aromatic carbocycles. The zero-order valence-corrected chi connectivity index (χ0v) is 16.9. The third-order valence-corrected chi connectivity index (χ3v) is 5.39. The first-order chi connectivity index (χ1) is 13.4. The quantitative estimate of drug-likeness (QED) is 0.613. The largest absolute Gasteiger partial charge is 0.494 e. The second kappa shape index (κ2) is 8.43. The molecule has 0 bridgehead atoms. The molecule has 8 heteroatoms. The van der Waals surface area contributed by atoms with Crippen LogP contribution in [0.3, 0.4) is 0 Å². The van der Waals surface area contributed by atoms with E-state index in [9.17, 15) is 8.42 Å². The maximum absolute atomic E-state index is 12.5. The summed E-state index contributed by atoms with van der Waals surface area (Å²) in [4.78, 5) is 4.52. The van der Waals surface area contributed by atoms with Crippen LogP contribution in [0, 0.1) is 0 Å². The highest BCUT2D eigenvalue weighted by atomic mass is 32.2. The number of benzene rings is 2. The van der Waals surface area contributed by atoms with E-state index in [-0.39, 0.29) is 10.8 Å². The van der Waals surface area contributed by atoms with Crippen LogP contribution in [0.15, 0.2) is 57.9 Å². The fraction of sp³-hybridized carbons (Fsp3) is 0.300. The Labute approximate surface area is 164 Å². The van der Waals surface area contributed by atoms with Crippen molar-refractivity contribution in [1.82, 2.24) is 10.1 Å². The molecular weight excluding hydrogens is 378 g/mol. The minimum absolute atomic E-state index is 0.174. The number of sulfonamides is 1. The van der Waals surface area contributed by atoms with Gasteiger partial charge in [0.15, 0.2) is 5.82 Å². The Bertz CT molecular complexity index is 1010. The zero-order valence-electron chi connectivity index (χ0n) is 16.0. The van der Waals surface area contributed by atoms with Gasteiger partial charge in [-0.2, -0.15) is 4.98 Å². The summed E-state index contributed by atoms with van der Waals surface area (Å²) in [5, 5.41) is 3.97. The molecule has 0 spiro atoms. The summed E-state index contributed by atoms with van der Waals surface area (Å²) in [5.41, 5.74) is 1.44. The van der Waals surface area contributed by atoms with Crippen LogP contribution in [0.25, 0.3) is 0 Å². The Hall–Kier alpha value is -2.87. The Morgan fingerprint density at radius 1 is 1.07 bits per heavy atom. The van der Waals surface area contributed by atoms with Gasteiger partial charge in [0, 0.05) is 18.0 Å². The molecule has 28 heavy (non-hydrogen) atoms. The number of hydrogen-bond donors (Lipinski definition) is 1. The predicted molar refractivity (Wildman–Crippen MR) is 106 cm³/mol. The van der Waals surface area contributed by atoms with Crippen LogP contribution in [0.2, 0.25) is 0 Å². The van der Waals surface area contributed by atoms with Crippen molar-refractivity contribution >= 4 is 15.7 Å². The Morgan fingerprint density at radius 3 is 2.32 bits per heavy atom. The molecule has 0 radical (unpaired) electrons. The predicted octanol–water partition coefficient (Wildman–Crippen LogP) is 3.98. The molecule has 148 valence electrons. The molecule has 1 N–H and O–H groups in total. The lowest BCUT2D eigenvalue weighted by Gasteiger charge is -2.09. The minimum atomic E-state index is -3.67. The van der Waals surface area contributed by atoms with E-state index >= 15 is 0 Å². The highest BCUT2D eigenvalue weighted by Crippen LogP contribution is 2.20. The summed E-state index contributed by atoms with van der Waals surface area (Å²) < 4.78 is 38.2. The van der Waals surface area contributed by atoms with Crippen molar-refractivity contribution in [3.05, 3.63) is 65.8 Å². The lowest BCUT2D eigenvalue weighted by Crippen LogP contribution is -2.12. The summed E-state index contributed by atoms with van der Waals surface area (Å²) >= 11 is 0. The first-order valence-electron chi connectivity index (χ1n) is 9.04. The zero-order chi connectivity index (χ0) is 20.1. The van der Waals surface area contributed by atoms with Gasteiger partial charge in [0.25, 0.3) is 10.0 Å². The second-order valence-corrected chi connectivity index (χ2v) is 8.27. The van der Waals surface area contributed by atoms with E-state index in [1.54, 1.807) is 24.3 Å². The van der Waals surface area contributed by atoms with Gasteiger partial charge in [-0.05, 0) is 48.9 Å². The molecule has 0 aliphatic carbocycles. The molecule has 1 aromatic heterocycles. The van der Waals surface area contributed by atoms with Crippen LogP contribution in [0.4, 0.5) is 5.69 Å². The molecule has 7 nitrogen and oxygen atoms in total. The highest BCUT2D eigenvalue weighted by molar-refractivity contribution is 7.92. The van der Waals surface area contributed by atoms with Crippen LogP contribution in [0.5, 0.6) is 5.75 Å². The van der Waals surface area contributed by atoms with Gasteiger partial charge >= 0.3 is 0 Å². The second-order valence-electron chi connectivity index (χ2n) is 6.59. The van der Waals surface area contributed by atoms with Crippen molar-refractivity contribution in [2.45, 2.75) is 38.0 Å². The first-order valence-corrected chi connectivity index (χ1v) is 10.5. The molecule has 0 saturated carbocycles. The third-order valence-electron chi connectivity index (χ3n) is 3.99. The van der Waals surface area contributed by atoms with Crippen LogP contribution < -0.4 is 9.46 Å². The van der Waals surface area contributed by atoms with E-state index in [1.165, 1.54) is 12.1 Å². The number of ether oxygens (including phenoxy) is 1. The monoisotopic (exact) mass is 401 g/mol. The van der Waals surface area contributed by atoms with Crippen LogP contribution >= 0.6 is 0 Å². The first kappa shape index (κ1) is 19.9. The molecule has 0 aliphatic heterocycles. The number of nitrogens with one attached hydrogen (secondary N) is 1. The van der Waals surface area contributed by atoms with Crippen LogP contribution in [0.1, 0.15) is 44.0 Å². The number of rotatable bonds is 8. The molecule has 0 amide bonds. The molecular formula is C20H23N3O4S. The molecule has 0 saturated heterocycles. The van der Waals surface area contributed by atoms with Crippen molar-refractivity contribution in [2.24, 2.45) is 0 Å². The third kappa shape index (κ3) is 4.89. The normalized spacial score (nSPS) is 11.6. The molecule has 0 fully saturated rings. The van der Waals surface area contributed by atoms with Gasteiger partial charge < -0.3 is 9.26 Å². The van der Waals surface area contributed by atoms with E-state index in [1.807, 2.05) is 32.9 Å². The van der Waals surface area contributed by atoms with Gasteiger partial charge in [-0.25, -0.2) is 8.42 Å². The fourth-order valence-corrected chi connectivity index (χ4v) is 3.60. The number of anilines is 1. The van der Waals surface area contributed by atoms with Gasteiger partial charge in [-0.15, -0.1) is 0 Å². The molecule has 1 heterocycles. The van der Waals surface area contributed by atoms with Crippen molar-refractivity contribution in [3.8, 4) is 5.75 Å². The van der Waals surface area contributed by atoms with Crippen LogP contribution in [-0.4, -0.2) is 25.2 Å². The number of aromatic nitrogens is 2. The number of hydrogen-bond acceptors (Lipinski definition) is 6. The average molecular weight is 401 g/mol. The maximum atomic E-state index is 12.5. The van der Waals surface area contributed by atoms with E-state index in [0.717, 1.165) is 5.56 Å². The summed E-state index contributed by atoms with van der Waals surface area (Å²) in [5.74, 6) is 2.02. The summed E-state index contributed by atoms with van der Waals surface area (Å²) in [6.07, 6.45) is 0.516. The van der Waals surface area contributed by atoms with Crippen molar-refractivity contribution in [2.75, 3.05) is 11.3 Å². The van der Waals surface area contributed by atoms with Gasteiger partial charge in [-0.1, -0.05) is 31.1 Å². The lowest BCUT2D eigenvalue weighted by atomic mass is 10.1. The average Bonchev–Trinajstić information content (AvgIpc) is 3.13. The highest BCUT2D eigenvalue weighted by Gasteiger charge is 2.15. The smallest absolute Gasteiger partial charge is 0.261 e. The molecule has 3 aromatic rings. The van der Waals surface area contributed by atoms with E-state index < -0.39 is 10.0 Å². The fourth-order valence-electron chi connectivity index (χ4n) is 2.54. The standard InChI is InChI=1S/C20H23N3O4S/c1-4-26-17-9-11-18(12-10-17)28(24,25)23-16-7-5-15(6-8-16)13-19-21-20(14(2)3)27-22-19/h5-12,14,23H,4,13H2,1-3H3. The van der Waals surface area contributed by atoms with Gasteiger partial charge in [0.1, 0.15) is 5.75 Å². The topological polar surface area (TPSA) is 94.3 Å². The van der Waals surface area contributed by atoms with Crippen molar-refractivity contribution in [1.29, 1.82) is 0 Å². The van der Waals surface area contributed by atoms with Crippen molar-refractivity contribution < 1.29 is 17.7 Å². The van der Waals surface area contributed by atoms with E-state index in [4.69, 9.17) is 9.26 Å². The van der Waals surface area contributed by atoms with Gasteiger partial charge in [0.2, 0.25) is 5.89 Å². The van der Waals surface area contributed by atoms with Crippen molar-refractivity contribution in [3.63, 3.8) is 0 Å². The molecule has 0 unspecified atom stereocenters.